The largest absolute Gasteiger partial charge is 0.308 e. The van der Waals surface area contributed by atoms with Crippen molar-refractivity contribution in [3.05, 3.63) is 57.8 Å². The smallest absolute Gasteiger partial charge is 0.0449 e. The van der Waals surface area contributed by atoms with Gasteiger partial charge in [-0.2, -0.15) is 0 Å². The molecule has 0 radical (unpaired) electrons. The molecular weight excluding hydrogens is 276 g/mol. The van der Waals surface area contributed by atoms with Gasteiger partial charge in [0.05, 0.1) is 0 Å². The van der Waals surface area contributed by atoms with Gasteiger partial charge in [0.1, 0.15) is 0 Å². The van der Waals surface area contributed by atoms with E-state index in [2.05, 4.69) is 52.0 Å². The van der Waals surface area contributed by atoms with Crippen molar-refractivity contribution in [1.82, 2.24) is 10.2 Å². The number of thiophene rings is 1. The second-order valence-electron chi connectivity index (χ2n) is 6.12. The lowest BCUT2D eigenvalue weighted by Crippen LogP contribution is -2.47. The van der Waals surface area contributed by atoms with Crippen LogP contribution in [0.2, 0.25) is 0 Å². The number of fused-ring (bicyclic) bond motifs is 1. The Kier molecular flexibility index (Phi) is 3.80. The van der Waals surface area contributed by atoms with E-state index in [1.165, 1.54) is 31.4 Å². The van der Waals surface area contributed by atoms with Crippen LogP contribution in [0.5, 0.6) is 0 Å². The molecule has 110 valence electrons. The van der Waals surface area contributed by atoms with Gasteiger partial charge in [-0.15, -0.1) is 11.3 Å². The van der Waals surface area contributed by atoms with Crippen LogP contribution in [0.4, 0.5) is 0 Å². The predicted octanol–water partition coefficient (Wildman–Crippen LogP) is 3.77. The molecule has 1 aliphatic heterocycles. The highest BCUT2D eigenvalue weighted by molar-refractivity contribution is 7.10. The first kappa shape index (κ1) is 13.5. The first-order chi connectivity index (χ1) is 10.4. The van der Waals surface area contributed by atoms with Crippen LogP contribution in [0.1, 0.15) is 40.9 Å². The number of hydrogen-bond donors (Lipinski definition) is 1. The zero-order valence-electron chi connectivity index (χ0n) is 12.3. The maximum atomic E-state index is 3.68. The van der Waals surface area contributed by atoms with E-state index in [1.54, 1.807) is 10.4 Å². The van der Waals surface area contributed by atoms with Crippen molar-refractivity contribution in [3.8, 4) is 0 Å². The van der Waals surface area contributed by atoms with Gasteiger partial charge >= 0.3 is 0 Å². The molecule has 0 spiro atoms. The van der Waals surface area contributed by atoms with Gasteiger partial charge in [-0.05, 0) is 41.8 Å². The van der Waals surface area contributed by atoms with Crippen LogP contribution in [-0.4, -0.2) is 24.5 Å². The molecule has 2 unspecified atom stereocenters. The molecule has 1 aromatic heterocycles. The average Bonchev–Trinajstić information content (AvgIpc) is 3.04. The molecule has 2 nitrogen and oxygen atoms in total. The molecule has 21 heavy (non-hydrogen) atoms. The molecule has 2 aromatic rings. The summed E-state index contributed by atoms with van der Waals surface area (Å²) in [5, 5.41) is 5.96. The van der Waals surface area contributed by atoms with Gasteiger partial charge in [0, 0.05) is 36.6 Å². The molecule has 1 N–H and O–H groups in total. The monoisotopic (exact) mass is 298 g/mol. The molecular formula is C18H22N2S. The topological polar surface area (TPSA) is 15.3 Å². The fourth-order valence-electron chi connectivity index (χ4n) is 3.81. The normalized spacial score (nSPS) is 26.5. The van der Waals surface area contributed by atoms with E-state index in [1.807, 2.05) is 11.3 Å². The lowest BCUT2D eigenvalue weighted by atomic mass is 9.91. The average molecular weight is 298 g/mol. The van der Waals surface area contributed by atoms with Gasteiger partial charge in [-0.1, -0.05) is 30.3 Å². The van der Waals surface area contributed by atoms with Crippen LogP contribution in [0.15, 0.2) is 41.8 Å². The quantitative estimate of drug-likeness (QED) is 0.908. The van der Waals surface area contributed by atoms with Crippen LogP contribution in [0, 0.1) is 0 Å². The van der Waals surface area contributed by atoms with Crippen molar-refractivity contribution in [2.45, 2.75) is 31.3 Å². The maximum Gasteiger partial charge on any atom is 0.0449 e. The number of nitrogens with one attached hydrogen (secondary N) is 1. The minimum absolute atomic E-state index is 0.476. The molecule has 0 amide bonds. The highest BCUT2D eigenvalue weighted by Crippen LogP contribution is 2.38. The molecule has 2 aliphatic rings. The maximum absolute atomic E-state index is 3.68. The number of rotatable bonds is 2. The Balaban J connectivity index is 1.54. The highest BCUT2D eigenvalue weighted by Gasteiger charge is 2.30. The number of nitrogens with zero attached hydrogens (tertiary/aromatic N) is 1. The second kappa shape index (κ2) is 5.91. The van der Waals surface area contributed by atoms with Gasteiger partial charge in [-0.25, -0.2) is 0 Å². The fraction of sp³-hybridized carbons (Fsp3) is 0.444. The zero-order valence-corrected chi connectivity index (χ0v) is 13.1. The summed E-state index contributed by atoms with van der Waals surface area (Å²) < 4.78 is 0. The summed E-state index contributed by atoms with van der Waals surface area (Å²) in [5.41, 5.74) is 3.03. The van der Waals surface area contributed by atoms with Crippen molar-refractivity contribution >= 4 is 11.3 Å². The Morgan fingerprint density at radius 3 is 2.95 bits per heavy atom. The molecule has 3 heteroatoms. The van der Waals surface area contributed by atoms with E-state index in [9.17, 15) is 0 Å². The van der Waals surface area contributed by atoms with E-state index in [0.717, 1.165) is 13.1 Å². The van der Waals surface area contributed by atoms with Gasteiger partial charge in [0.15, 0.2) is 0 Å². The first-order valence-electron chi connectivity index (χ1n) is 8.00. The minimum Gasteiger partial charge on any atom is -0.308 e. The standard InChI is InChI=1S/C18H22N2S/c1-2-5-14(6-3-1)16-13-20(11-10-19-16)17-7-4-8-18-15(17)9-12-21-18/h1-3,5-6,9,12,16-17,19H,4,7-8,10-11,13H2. The summed E-state index contributed by atoms with van der Waals surface area (Å²) in [6, 6.07) is 14.4. The van der Waals surface area contributed by atoms with Crippen LogP contribution in [0.3, 0.4) is 0 Å². The molecule has 1 aromatic carbocycles. The molecule has 1 saturated heterocycles. The van der Waals surface area contributed by atoms with Crippen molar-refractivity contribution in [2.75, 3.05) is 19.6 Å². The second-order valence-corrected chi connectivity index (χ2v) is 7.12. The summed E-state index contributed by atoms with van der Waals surface area (Å²) in [4.78, 5) is 4.33. The number of hydrogen-bond acceptors (Lipinski definition) is 3. The summed E-state index contributed by atoms with van der Waals surface area (Å²) in [5.74, 6) is 0. The molecule has 0 bridgehead atoms. The fourth-order valence-corrected chi connectivity index (χ4v) is 4.79. The summed E-state index contributed by atoms with van der Waals surface area (Å²) in [6.07, 6.45) is 3.96. The van der Waals surface area contributed by atoms with Crippen LogP contribution in [0.25, 0.3) is 0 Å². The lowest BCUT2D eigenvalue weighted by Gasteiger charge is -2.40. The van der Waals surface area contributed by atoms with Crippen molar-refractivity contribution < 1.29 is 0 Å². The van der Waals surface area contributed by atoms with Crippen LogP contribution in [-0.2, 0) is 6.42 Å². The SMILES string of the molecule is c1ccc(C2CN(C3CCCc4sccc43)CCN2)cc1. The van der Waals surface area contributed by atoms with E-state index in [0.29, 0.717) is 12.1 Å². The summed E-state index contributed by atoms with van der Waals surface area (Å²) >= 11 is 1.95. The number of aryl methyl sites for hydroxylation is 1. The van der Waals surface area contributed by atoms with Gasteiger partial charge in [0.2, 0.25) is 0 Å². The van der Waals surface area contributed by atoms with Crippen LogP contribution >= 0.6 is 11.3 Å². The van der Waals surface area contributed by atoms with Crippen LogP contribution < -0.4 is 5.32 Å². The Labute approximate surface area is 130 Å². The molecule has 1 aliphatic carbocycles. The van der Waals surface area contributed by atoms with Gasteiger partial charge in [-0.3, -0.25) is 4.90 Å². The van der Waals surface area contributed by atoms with Gasteiger partial charge < -0.3 is 5.32 Å². The summed E-state index contributed by atoms with van der Waals surface area (Å²) in [6.45, 7) is 3.39. The van der Waals surface area contributed by atoms with Crippen molar-refractivity contribution in [2.24, 2.45) is 0 Å². The molecule has 0 saturated carbocycles. The van der Waals surface area contributed by atoms with E-state index >= 15 is 0 Å². The van der Waals surface area contributed by atoms with E-state index in [-0.39, 0.29) is 0 Å². The predicted molar refractivity (Wildman–Crippen MR) is 88.8 cm³/mol. The Bertz CT molecular complexity index is 592. The third-order valence-corrected chi connectivity index (χ3v) is 5.87. The highest BCUT2D eigenvalue weighted by atomic mass is 32.1. The van der Waals surface area contributed by atoms with E-state index < -0.39 is 0 Å². The third-order valence-electron chi connectivity index (χ3n) is 4.87. The third kappa shape index (κ3) is 2.66. The first-order valence-corrected chi connectivity index (χ1v) is 8.88. The molecule has 4 rings (SSSR count). The van der Waals surface area contributed by atoms with E-state index in [4.69, 9.17) is 0 Å². The summed E-state index contributed by atoms with van der Waals surface area (Å²) in [7, 11) is 0. The van der Waals surface area contributed by atoms with Crippen molar-refractivity contribution in [3.63, 3.8) is 0 Å². The molecule has 2 heterocycles. The Morgan fingerprint density at radius 2 is 2.05 bits per heavy atom. The van der Waals surface area contributed by atoms with Gasteiger partial charge in [0.25, 0.3) is 0 Å². The number of benzene rings is 1. The van der Waals surface area contributed by atoms with Crippen molar-refractivity contribution in [1.29, 1.82) is 0 Å². The Hall–Kier alpha value is -1.16. The Morgan fingerprint density at radius 1 is 1.14 bits per heavy atom. The molecule has 2 atom stereocenters. The molecule has 1 fully saturated rings. The number of piperazine rings is 1. The lowest BCUT2D eigenvalue weighted by molar-refractivity contribution is 0.131. The minimum atomic E-state index is 0.476. The zero-order chi connectivity index (χ0) is 14.1.